The summed E-state index contributed by atoms with van der Waals surface area (Å²) in [6.45, 7) is 15.4. The molecule has 0 spiro atoms. The summed E-state index contributed by atoms with van der Waals surface area (Å²) in [6.07, 6.45) is 4.64. The Hall–Kier alpha value is -6.15. The van der Waals surface area contributed by atoms with E-state index in [0.717, 1.165) is 35.8 Å². The Morgan fingerprint density at radius 1 is 1.02 bits per heavy atom. The summed E-state index contributed by atoms with van der Waals surface area (Å²) in [7, 11) is 0. The average Bonchev–Trinajstić information content (AvgIpc) is 3.61. The molecule has 0 atom stereocenters. The molecule has 3 aromatic heterocycles. The van der Waals surface area contributed by atoms with Gasteiger partial charge in [0, 0.05) is 62.4 Å². The molecule has 5 rings (SSSR count). The minimum absolute atomic E-state index is 0.104. The lowest BCUT2D eigenvalue weighted by Gasteiger charge is -2.33. The molecule has 16 nitrogen and oxygen atoms in total. The highest BCUT2D eigenvalue weighted by atomic mass is 19.2. The van der Waals surface area contributed by atoms with E-state index in [4.69, 9.17) is 19.9 Å². The zero-order chi connectivity index (χ0) is 40.2. The molecule has 4 heterocycles. The van der Waals surface area contributed by atoms with E-state index in [1.165, 1.54) is 6.42 Å². The van der Waals surface area contributed by atoms with Crippen LogP contribution in [0.5, 0.6) is 0 Å². The van der Waals surface area contributed by atoms with Crippen molar-refractivity contribution < 1.29 is 33.1 Å². The smallest absolute Gasteiger partial charge is 0.443 e. The van der Waals surface area contributed by atoms with Crippen molar-refractivity contribution >= 4 is 41.6 Å². The Kier molecular flexibility index (Phi) is 17.9. The van der Waals surface area contributed by atoms with Crippen LogP contribution in [-0.2, 0) is 20.8 Å². The SMILES string of the molecule is CC#CCOC(=O)N1CCN(Cc2ccc(-c3cc(-c4ncccn4)c4nc(NC(=O)OCC)[nH]c4c3)cn2)CC1.CCC(C)C.CCOC(=O)N(F)C=N. The number of nitrogens with one attached hydrogen (secondary N) is 3. The number of anilines is 1. The van der Waals surface area contributed by atoms with Crippen molar-refractivity contribution in [2.24, 2.45) is 5.92 Å². The molecular weight excluding hydrogens is 711 g/mol. The van der Waals surface area contributed by atoms with Crippen LogP contribution in [0.15, 0.2) is 48.9 Å². The Morgan fingerprint density at radius 2 is 1.71 bits per heavy atom. The van der Waals surface area contributed by atoms with Crippen molar-refractivity contribution in [1.29, 1.82) is 5.41 Å². The van der Waals surface area contributed by atoms with Gasteiger partial charge < -0.3 is 24.1 Å². The number of fused-ring (bicyclic) bond motifs is 1. The lowest BCUT2D eigenvalue weighted by atomic mass is 10.0. The highest BCUT2D eigenvalue weighted by Gasteiger charge is 2.22. The summed E-state index contributed by atoms with van der Waals surface area (Å²) in [5.74, 6) is 7.12. The van der Waals surface area contributed by atoms with Crippen LogP contribution in [0.2, 0.25) is 0 Å². The highest BCUT2D eigenvalue weighted by Crippen LogP contribution is 2.32. The van der Waals surface area contributed by atoms with Gasteiger partial charge in [-0.3, -0.25) is 20.6 Å². The Balaban J connectivity index is 0.000000494. The third kappa shape index (κ3) is 14.0. The fourth-order valence-corrected chi connectivity index (χ4v) is 4.72. The van der Waals surface area contributed by atoms with Crippen LogP contribution in [0.3, 0.4) is 0 Å². The third-order valence-corrected chi connectivity index (χ3v) is 7.88. The van der Waals surface area contributed by atoms with E-state index in [1.807, 2.05) is 30.5 Å². The summed E-state index contributed by atoms with van der Waals surface area (Å²) in [4.78, 5) is 59.4. The standard InChI is InChI=1S/C29H30N8O4.C5H12.C4H7FN2O2/c1-3-5-15-41-29(39)37-13-11-36(12-14-37)19-22-8-7-20(18-32-22)21-16-23(26-30-9-6-10-31-26)25-24(17-21)33-27(34-25)35-28(38)40-4-2;1-4-5(2)3;1-2-9-4(8)7(5)3-6/h6-10,16-18H,4,11-15,19H2,1-2H3,(H2,33,34,35,38);5H,4H2,1-3H3;3,6H,2H2,1H3. The largest absolute Gasteiger partial charge is 0.450 e. The minimum atomic E-state index is -1.16. The molecule has 17 heteroatoms. The van der Waals surface area contributed by atoms with Crippen molar-refractivity contribution in [3.05, 3.63) is 54.6 Å². The molecule has 0 saturated carbocycles. The molecule has 1 saturated heterocycles. The molecule has 3 N–H and O–H groups in total. The molecule has 0 aliphatic carbocycles. The van der Waals surface area contributed by atoms with E-state index < -0.39 is 17.3 Å². The number of nitrogens with zero attached hydrogens (tertiary/aromatic N) is 7. The summed E-state index contributed by atoms with van der Waals surface area (Å²) >= 11 is 0. The number of carbonyl (C=O) groups excluding carboxylic acids is 3. The summed E-state index contributed by atoms with van der Waals surface area (Å²) in [5.41, 5.74) is 4.78. The van der Waals surface area contributed by atoms with Gasteiger partial charge in [0.25, 0.3) is 0 Å². The first kappa shape index (κ1) is 43.3. The van der Waals surface area contributed by atoms with Crippen LogP contribution in [0, 0.1) is 23.2 Å². The number of halogens is 1. The van der Waals surface area contributed by atoms with Gasteiger partial charge in [-0.05, 0) is 56.5 Å². The monoisotopic (exact) mass is 760 g/mol. The lowest BCUT2D eigenvalue weighted by Crippen LogP contribution is -2.48. The molecule has 1 aliphatic rings. The van der Waals surface area contributed by atoms with Gasteiger partial charge >= 0.3 is 18.3 Å². The van der Waals surface area contributed by atoms with Crippen LogP contribution >= 0.6 is 0 Å². The second kappa shape index (κ2) is 22.8. The molecule has 0 bridgehead atoms. The number of hydrogen-bond acceptors (Lipinski definition) is 12. The van der Waals surface area contributed by atoms with Gasteiger partial charge in [-0.15, -0.1) is 5.92 Å². The van der Waals surface area contributed by atoms with E-state index in [-0.39, 0.29) is 38.2 Å². The van der Waals surface area contributed by atoms with Crippen molar-refractivity contribution in [3.63, 3.8) is 0 Å². The first-order valence-electron chi connectivity index (χ1n) is 17.9. The Labute approximate surface area is 320 Å². The van der Waals surface area contributed by atoms with Gasteiger partial charge in [0.2, 0.25) is 5.95 Å². The highest BCUT2D eigenvalue weighted by molar-refractivity contribution is 5.96. The Morgan fingerprint density at radius 3 is 2.29 bits per heavy atom. The van der Waals surface area contributed by atoms with Gasteiger partial charge in [-0.2, -0.15) is 0 Å². The van der Waals surface area contributed by atoms with Crippen molar-refractivity contribution in [2.75, 3.05) is 51.3 Å². The molecule has 55 heavy (non-hydrogen) atoms. The van der Waals surface area contributed by atoms with Crippen molar-refractivity contribution in [3.8, 4) is 34.4 Å². The number of imidazole rings is 1. The van der Waals surface area contributed by atoms with E-state index in [0.29, 0.717) is 42.1 Å². The molecule has 1 fully saturated rings. The van der Waals surface area contributed by atoms with Gasteiger partial charge in [0.05, 0.1) is 24.4 Å². The maximum Gasteiger partial charge on any atom is 0.443 e. The fourth-order valence-electron chi connectivity index (χ4n) is 4.72. The molecule has 1 aliphatic heterocycles. The number of carbonyl (C=O) groups is 3. The maximum absolute atomic E-state index is 12.1. The first-order valence-corrected chi connectivity index (χ1v) is 17.9. The molecule has 4 aromatic rings. The quantitative estimate of drug-likeness (QED) is 0.0500. The number of amides is 3. The number of H-pyrrole nitrogens is 1. The molecular formula is C38H49FN10O6. The van der Waals surface area contributed by atoms with E-state index in [2.05, 4.69) is 67.5 Å². The van der Waals surface area contributed by atoms with Gasteiger partial charge in [-0.1, -0.05) is 48.8 Å². The second-order valence-corrected chi connectivity index (χ2v) is 12.1. The second-order valence-electron chi connectivity index (χ2n) is 12.1. The third-order valence-electron chi connectivity index (χ3n) is 7.88. The van der Waals surface area contributed by atoms with Crippen LogP contribution in [0.25, 0.3) is 33.5 Å². The molecule has 0 unspecified atom stereocenters. The van der Waals surface area contributed by atoms with Crippen molar-refractivity contribution in [1.82, 2.24) is 39.8 Å². The number of benzene rings is 1. The molecule has 1 aromatic carbocycles. The molecule has 0 radical (unpaired) electrons. The topological polar surface area (TPSA) is 192 Å². The van der Waals surface area contributed by atoms with Crippen molar-refractivity contribution in [2.45, 2.75) is 54.5 Å². The number of pyridine rings is 1. The number of aromatic nitrogens is 5. The number of aromatic amines is 1. The van der Waals surface area contributed by atoms with E-state index in [1.54, 1.807) is 44.1 Å². The zero-order valence-corrected chi connectivity index (χ0v) is 32.1. The average molecular weight is 761 g/mol. The predicted octanol–water partition coefficient (Wildman–Crippen LogP) is 6.92. The fraction of sp³-hybridized carbons (Fsp3) is 0.421. The normalized spacial score (nSPS) is 12.2. The van der Waals surface area contributed by atoms with Gasteiger partial charge in [-0.25, -0.2) is 29.3 Å². The summed E-state index contributed by atoms with van der Waals surface area (Å²) < 4.78 is 26.1. The summed E-state index contributed by atoms with van der Waals surface area (Å²) in [6, 6.07) is 9.69. The first-order chi connectivity index (χ1) is 26.5. The minimum Gasteiger partial charge on any atom is -0.450 e. The van der Waals surface area contributed by atoms with Gasteiger partial charge in [0.15, 0.2) is 12.4 Å². The maximum atomic E-state index is 12.1. The van der Waals surface area contributed by atoms with E-state index >= 15 is 0 Å². The molecule has 294 valence electrons. The molecule has 3 amide bonds. The van der Waals surface area contributed by atoms with Crippen LogP contribution < -0.4 is 5.32 Å². The zero-order valence-electron chi connectivity index (χ0n) is 32.1. The summed E-state index contributed by atoms with van der Waals surface area (Å²) in [5, 5.41) is 8.42. The Bertz CT molecular complexity index is 1890. The van der Waals surface area contributed by atoms with Gasteiger partial charge in [0.1, 0.15) is 11.9 Å². The number of rotatable bonds is 10. The number of hydrogen-bond donors (Lipinski definition) is 3. The predicted molar refractivity (Wildman–Crippen MR) is 207 cm³/mol. The number of ether oxygens (including phenoxy) is 3. The van der Waals surface area contributed by atoms with E-state index in [9.17, 15) is 18.9 Å². The van der Waals surface area contributed by atoms with Crippen LogP contribution in [0.1, 0.15) is 53.7 Å². The van der Waals surface area contributed by atoms with Crippen LogP contribution in [-0.4, -0.2) is 110 Å². The lowest BCUT2D eigenvalue weighted by molar-refractivity contribution is 0.0665. The van der Waals surface area contributed by atoms with Crippen LogP contribution in [0.4, 0.5) is 24.8 Å². The number of piperazine rings is 1.